The van der Waals surface area contributed by atoms with Crippen LogP contribution in [0.3, 0.4) is 0 Å². The van der Waals surface area contributed by atoms with Crippen LogP contribution in [0.25, 0.3) is 16.5 Å². The van der Waals surface area contributed by atoms with Crippen molar-refractivity contribution < 1.29 is 4.79 Å². The standard InChI is InChI=1S/C29H40N6O/c1-19(2)15-26(35(7)30)28-25(16-23-13-10-12-22-11-8-9-14-24(22)23)32-29(31-18-36)27(33-28)21(5)34(6)17-20(3)4/h8-14,18-20,26H,5,15-17,30H2,1-4,6-7H3,(H,31,32,36). The second-order valence-electron chi connectivity index (χ2n) is 10.4. The fourth-order valence-electron chi connectivity index (χ4n) is 4.62. The quantitative estimate of drug-likeness (QED) is 0.206. The first-order valence-electron chi connectivity index (χ1n) is 12.6. The van der Waals surface area contributed by atoms with E-state index in [2.05, 4.69) is 74.8 Å². The van der Waals surface area contributed by atoms with Crippen molar-refractivity contribution in [3.8, 4) is 0 Å². The Balaban J connectivity index is 2.21. The van der Waals surface area contributed by atoms with E-state index >= 15 is 0 Å². The van der Waals surface area contributed by atoms with Gasteiger partial charge in [0.15, 0.2) is 5.82 Å². The summed E-state index contributed by atoms with van der Waals surface area (Å²) in [6.07, 6.45) is 2.03. The molecule has 36 heavy (non-hydrogen) atoms. The van der Waals surface area contributed by atoms with Crippen LogP contribution in [0.2, 0.25) is 0 Å². The highest BCUT2D eigenvalue weighted by Crippen LogP contribution is 2.32. The number of hydrazine groups is 1. The smallest absolute Gasteiger partial charge is 0.212 e. The molecule has 0 saturated carbocycles. The normalized spacial score (nSPS) is 12.4. The Hall–Kier alpha value is -3.29. The van der Waals surface area contributed by atoms with Gasteiger partial charge in [0.2, 0.25) is 6.41 Å². The van der Waals surface area contributed by atoms with E-state index in [-0.39, 0.29) is 6.04 Å². The van der Waals surface area contributed by atoms with Crippen LogP contribution in [0.15, 0.2) is 49.0 Å². The number of carbonyl (C=O) groups is 1. The van der Waals surface area contributed by atoms with Gasteiger partial charge in [-0.1, -0.05) is 76.7 Å². The Morgan fingerprint density at radius 1 is 1.06 bits per heavy atom. The molecule has 0 spiro atoms. The number of nitrogens with zero attached hydrogens (tertiary/aromatic N) is 4. The van der Waals surface area contributed by atoms with E-state index in [9.17, 15) is 4.79 Å². The largest absolute Gasteiger partial charge is 0.373 e. The van der Waals surface area contributed by atoms with E-state index in [0.29, 0.717) is 41.9 Å². The summed E-state index contributed by atoms with van der Waals surface area (Å²) in [6, 6.07) is 14.5. The van der Waals surface area contributed by atoms with E-state index in [1.54, 1.807) is 5.01 Å². The van der Waals surface area contributed by atoms with Gasteiger partial charge in [0, 0.05) is 27.1 Å². The van der Waals surface area contributed by atoms with E-state index in [4.69, 9.17) is 15.8 Å². The molecule has 3 N–H and O–H groups in total. The molecule has 7 nitrogen and oxygen atoms in total. The number of hydrogen-bond donors (Lipinski definition) is 2. The number of anilines is 1. The molecule has 1 unspecified atom stereocenters. The fourth-order valence-corrected chi connectivity index (χ4v) is 4.62. The van der Waals surface area contributed by atoms with Gasteiger partial charge in [-0.25, -0.2) is 15.0 Å². The summed E-state index contributed by atoms with van der Waals surface area (Å²) in [7, 11) is 3.85. The van der Waals surface area contributed by atoms with Crippen molar-refractivity contribution in [2.45, 2.75) is 46.6 Å². The number of carbonyl (C=O) groups excluding carboxylic acids is 1. The number of fused-ring (bicyclic) bond motifs is 1. The van der Waals surface area contributed by atoms with Crippen LogP contribution in [-0.4, -0.2) is 46.9 Å². The number of benzene rings is 2. The zero-order valence-electron chi connectivity index (χ0n) is 22.5. The van der Waals surface area contributed by atoms with Crippen LogP contribution < -0.4 is 11.2 Å². The zero-order valence-corrected chi connectivity index (χ0v) is 22.5. The van der Waals surface area contributed by atoms with E-state index in [1.807, 2.05) is 26.2 Å². The summed E-state index contributed by atoms with van der Waals surface area (Å²) >= 11 is 0. The third-order valence-corrected chi connectivity index (χ3v) is 6.31. The summed E-state index contributed by atoms with van der Waals surface area (Å²) in [6.45, 7) is 13.8. The highest BCUT2D eigenvalue weighted by molar-refractivity contribution is 5.86. The first kappa shape index (κ1) is 27.3. The molecule has 192 valence electrons. The maximum atomic E-state index is 11.6. The summed E-state index contributed by atoms with van der Waals surface area (Å²) < 4.78 is 0. The maximum Gasteiger partial charge on any atom is 0.212 e. The summed E-state index contributed by atoms with van der Waals surface area (Å²) in [5, 5.41) is 6.84. The molecule has 0 aliphatic heterocycles. The summed E-state index contributed by atoms with van der Waals surface area (Å²) in [4.78, 5) is 23.7. The fraction of sp³-hybridized carbons (Fsp3) is 0.414. The molecule has 2 aromatic carbocycles. The molecule has 1 heterocycles. The highest BCUT2D eigenvalue weighted by Gasteiger charge is 2.26. The first-order valence-corrected chi connectivity index (χ1v) is 12.6. The van der Waals surface area contributed by atoms with Crippen molar-refractivity contribution >= 4 is 28.7 Å². The Morgan fingerprint density at radius 2 is 1.75 bits per heavy atom. The Bertz CT molecular complexity index is 1200. The van der Waals surface area contributed by atoms with E-state index in [1.165, 1.54) is 10.8 Å². The van der Waals surface area contributed by atoms with Crippen molar-refractivity contribution in [1.82, 2.24) is 19.9 Å². The predicted octanol–water partition coefficient (Wildman–Crippen LogP) is 5.24. The van der Waals surface area contributed by atoms with Gasteiger partial charge in [-0.2, -0.15) is 0 Å². The van der Waals surface area contributed by atoms with Gasteiger partial charge in [0.1, 0.15) is 5.69 Å². The third-order valence-electron chi connectivity index (χ3n) is 6.31. The molecule has 0 radical (unpaired) electrons. The second-order valence-corrected chi connectivity index (χ2v) is 10.4. The van der Waals surface area contributed by atoms with Gasteiger partial charge in [-0.05, 0) is 34.6 Å². The minimum atomic E-state index is -0.144. The van der Waals surface area contributed by atoms with Crippen molar-refractivity contribution in [2.75, 3.05) is 26.0 Å². The molecular formula is C29H40N6O. The van der Waals surface area contributed by atoms with Crippen molar-refractivity contribution in [1.29, 1.82) is 0 Å². The summed E-state index contributed by atoms with van der Waals surface area (Å²) in [5.74, 6) is 7.63. The van der Waals surface area contributed by atoms with Crippen molar-refractivity contribution in [3.05, 3.63) is 71.7 Å². The number of nitrogens with two attached hydrogens (primary N) is 1. The van der Waals surface area contributed by atoms with Gasteiger partial charge in [0.05, 0.1) is 23.1 Å². The van der Waals surface area contributed by atoms with E-state index in [0.717, 1.165) is 29.9 Å². The van der Waals surface area contributed by atoms with Gasteiger partial charge in [-0.15, -0.1) is 0 Å². The number of nitrogens with one attached hydrogen (secondary N) is 1. The van der Waals surface area contributed by atoms with Crippen LogP contribution in [0.4, 0.5) is 5.82 Å². The monoisotopic (exact) mass is 488 g/mol. The van der Waals surface area contributed by atoms with E-state index < -0.39 is 0 Å². The predicted molar refractivity (Wildman–Crippen MR) is 149 cm³/mol. The lowest BCUT2D eigenvalue weighted by atomic mass is 9.95. The minimum absolute atomic E-state index is 0.144. The average molecular weight is 489 g/mol. The number of rotatable bonds is 12. The first-order chi connectivity index (χ1) is 17.1. The van der Waals surface area contributed by atoms with Gasteiger partial charge < -0.3 is 10.2 Å². The highest BCUT2D eigenvalue weighted by atomic mass is 16.1. The molecule has 7 heteroatoms. The molecule has 0 aliphatic rings. The maximum absolute atomic E-state index is 11.6. The van der Waals surface area contributed by atoms with Crippen LogP contribution in [0.1, 0.15) is 62.8 Å². The molecule has 0 aliphatic carbocycles. The molecule has 1 amide bonds. The lowest BCUT2D eigenvalue weighted by Crippen LogP contribution is -2.34. The zero-order chi connectivity index (χ0) is 26.4. The van der Waals surface area contributed by atoms with Crippen LogP contribution in [-0.2, 0) is 11.2 Å². The Labute approximate surface area is 215 Å². The summed E-state index contributed by atoms with van der Waals surface area (Å²) in [5.41, 5.74) is 4.03. The molecule has 3 rings (SSSR count). The third kappa shape index (κ3) is 6.47. The Kier molecular flexibility index (Phi) is 9.18. The molecule has 0 fully saturated rings. The van der Waals surface area contributed by atoms with Crippen LogP contribution >= 0.6 is 0 Å². The van der Waals surface area contributed by atoms with Crippen molar-refractivity contribution in [3.63, 3.8) is 0 Å². The van der Waals surface area contributed by atoms with Crippen molar-refractivity contribution in [2.24, 2.45) is 17.7 Å². The van der Waals surface area contributed by atoms with Gasteiger partial charge in [-0.3, -0.25) is 10.6 Å². The topological polar surface area (TPSA) is 87.4 Å². The SMILES string of the molecule is C=C(c1nc(C(CC(C)C)N(C)N)c(Cc2cccc3ccccc23)nc1NC=O)N(C)CC(C)C. The number of amides is 1. The molecule has 0 bridgehead atoms. The van der Waals surface area contributed by atoms with Crippen LogP contribution in [0.5, 0.6) is 0 Å². The molecule has 1 atom stereocenters. The lowest BCUT2D eigenvalue weighted by molar-refractivity contribution is -0.105. The molecule has 1 aromatic heterocycles. The Morgan fingerprint density at radius 3 is 2.39 bits per heavy atom. The molecule has 3 aromatic rings. The lowest BCUT2D eigenvalue weighted by Gasteiger charge is -2.29. The van der Waals surface area contributed by atoms with Gasteiger partial charge >= 0.3 is 0 Å². The molecule has 0 saturated heterocycles. The van der Waals surface area contributed by atoms with Gasteiger partial charge in [0.25, 0.3) is 0 Å². The molecular weight excluding hydrogens is 448 g/mol. The second kappa shape index (κ2) is 12.1. The average Bonchev–Trinajstić information content (AvgIpc) is 2.82. The minimum Gasteiger partial charge on any atom is -0.373 e. The van der Waals surface area contributed by atoms with Crippen LogP contribution in [0, 0.1) is 11.8 Å². The number of hydrogen-bond acceptors (Lipinski definition) is 6. The number of aromatic nitrogens is 2.